The molecular weight excluding hydrogens is 462 g/mol. The molecule has 0 bridgehead atoms. The maximum absolute atomic E-state index is 12.9. The fourth-order valence-electron chi connectivity index (χ4n) is 2.94. The molecule has 166 valence electrons. The van der Waals surface area contributed by atoms with Crippen molar-refractivity contribution in [3.05, 3.63) is 77.8 Å². The van der Waals surface area contributed by atoms with Gasteiger partial charge in [-0.25, -0.2) is 0 Å². The Labute approximate surface area is 202 Å². The van der Waals surface area contributed by atoms with Crippen LogP contribution in [0.5, 0.6) is 5.75 Å². The molecular formula is C24H24ClN3O2S2. The molecule has 0 aromatic heterocycles. The Kier molecular flexibility index (Phi) is 8.79. The molecule has 0 saturated carbocycles. The lowest BCUT2D eigenvalue weighted by Crippen LogP contribution is -2.24. The molecule has 3 aromatic carbocycles. The number of thioether (sulfide) groups is 1. The van der Waals surface area contributed by atoms with E-state index in [9.17, 15) is 4.79 Å². The molecule has 32 heavy (non-hydrogen) atoms. The van der Waals surface area contributed by atoms with E-state index in [2.05, 4.69) is 16.0 Å². The fraction of sp³-hybridized carbons (Fsp3) is 0.167. The van der Waals surface area contributed by atoms with Crippen molar-refractivity contribution >= 4 is 63.7 Å². The Morgan fingerprint density at radius 3 is 2.44 bits per heavy atom. The zero-order valence-electron chi connectivity index (χ0n) is 17.7. The van der Waals surface area contributed by atoms with E-state index in [1.54, 1.807) is 25.3 Å². The first-order chi connectivity index (χ1) is 15.5. The molecule has 1 unspecified atom stereocenters. The highest BCUT2D eigenvalue weighted by Gasteiger charge is 2.20. The zero-order valence-corrected chi connectivity index (χ0v) is 20.1. The maximum Gasteiger partial charge on any atom is 0.237 e. The number of carbonyl (C=O) groups excluding carboxylic acids is 1. The van der Waals surface area contributed by atoms with Gasteiger partial charge in [-0.15, -0.1) is 11.8 Å². The summed E-state index contributed by atoms with van der Waals surface area (Å²) in [6.07, 6.45) is 0.658. The first-order valence-corrected chi connectivity index (χ1v) is 11.7. The molecule has 0 aliphatic rings. The lowest BCUT2D eigenvalue weighted by molar-refractivity contribution is -0.115. The summed E-state index contributed by atoms with van der Waals surface area (Å²) in [4.78, 5) is 13.9. The highest BCUT2D eigenvalue weighted by atomic mass is 35.5. The van der Waals surface area contributed by atoms with Gasteiger partial charge in [0.05, 0.1) is 18.0 Å². The predicted octanol–water partition coefficient (Wildman–Crippen LogP) is 6.67. The number of hydrogen-bond acceptors (Lipinski definition) is 4. The van der Waals surface area contributed by atoms with E-state index in [1.165, 1.54) is 11.8 Å². The Morgan fingerprint density at radius 1 is 1.00 bits per heavy atom. The third-order valence-corrected chi connectivity index (χ3v) is 6.28. The number of anilines is 3. The lowest BCUT2D eigenvalue weighted by atomic mass is 10.2. The van der Waals surface area contributed by atoms with Gasteiger partial charge >= 0.3 is 0 Å². The van der Waals surface area contributed by atoms with Gasteiger partial charge in [-0.2, -0.15) is 0 Å². The molecule has 5 nitrogen and oxygen atoms in total. The Morgan fingerprint density at radius 2 is 1.72 bits per heavy atom. The molecule has 1 amide bonds. The normalized spacial score (nSPS) is 11.3. The molecule has 0 heterocycles. The van der Waals surface area contributed by atoms with E-state index in [0.29, 0.717) is 28.0 Å². The van der Waals surface area contributed by atoms with Crippen molar-refractivity contribution in [3.8, 4) is 5.75 Å². The summed E-state index contributed by atoms with van der Waals surface area (Å²) in [5.74, 6) is 0.450. The SMILES string of the molecule is CCC(Sc1cccc(NC(=S)Nc2ccccc2)c1)C(=O)Nc1cc(Cl)ccc1OC. The quantitative estimate of drug-likeness (QED) is 0.245. The van der Waals surface area contributed by atoms with Crippen LogP contribution >= 0.6 is 35.6 Å². The van der Waals surface area contributed by atoms with Crippen LogP contribution in [0.3, 0.4) is 0 Å². The highest BCUT2D eigenvalue weighted by molar-refractivity contribution is 8.00. The van der Waals surface area contributed by atoms with Gasteiger partial charge in [-0.1, -0.05) is 42.8 Å². The number of carbonyl (C=O) groups is 1. The van der Waals surface area contributed by atoms with Crippen molar-refractivity contribution in [1.29, 1.82) is 0 Å². The molecule has 1 atom stereocenters. The van der Waals surface area contributed by atoms with Crippen LogP contribution in [-0.4, -0.2) is 23.4 Å². The van der Waals surface area contributed by atoms with E-state index in [4.69, 9.17) is 28.6 Å². The van der Waals surface area contributed by atoms with Gasteiger partial charge in [0, 0.05) is 21.3 Å². The Hall–Kier alpha value is -2.74. The molecule has 8 heteroatoms. The number of hydrogen-bond donors (Lipinski definition) is 3. The number of ether oxygens (including phenoxy) is 1. The maximum atomic E-state index is 12.9. The highest BCUT2D eigenvalue weighted by Crippen LogP contribution is 2.31. The minimum atomic E-state index is -0.289. The van der Waals surface area contributed by atoms with Crippen molar-refractivity contribution in [2.45, 2.75) is 23.5 Å². The number of thiocarbonyl (C=S) groups is 1. The molecule has 3 rings (SSSR count). The fourth-order valence-corrected chi connectivity index (χ4v) is 4.36. The van der Waals surface area contributed by atoms with Gasteiger partial charge < -0.3 is 20.7 Å². The van der Waals surface area contributed by atoms with Gasteiger partial charge in [0.2, 0.25) is 5.91 Å². The minimum Gasteiger partial charge on any atom is -0.495 e. The summed E-state index contributed by atoms with van der Waals surface area (Å²) >= 11 is 13.0. The second-order valence-corrected chi connectivity index (χ2v) is 8.94. The summed E-state index contributed by atoms with van der Waals surface area (Å²) in [5.41, 5.74) is 2.31. The lowest BCUT2D eigenvalue weighted by Gasteiger charge is -2.17. The number of methoxy groups -OCH3 is 1. The van der Waals surface area contributed by atoms with Gasteiger partial charge in [0.1, 0.15) is 5.75 Å². The largest absolute Gasteiger partial charge is 0.495 e. The van der Waals surface area contributed by atoms with Crippen molar-refractivity contribution in [3.63, 3.8) is 0 Å². The molecule has 0 fully saturated rings. The van der Waals surface area contributed by atoms with E-state index < -0.39 is 0 Å². The average Bonchev–Trinajstić information content (AvgIpc) is 2.78. The van der Waals surface area contributed by atoms with Crippen LogP contribution < -0.4 is 20.7 Å². The van der Waals surface area contributed by atoms with Gasteiger partial charge in [-0.3, -0.25) is 4.79 Å². The molecule has 0 aliphatic heterocycles. The van der Waals surface area contributed by atoms with E-state index in [1.807, 2.05) is 61.5 Å². The summed E-state index contributed by atoms with van der Waals surface area (Å²) < 4.78 is 5.32. The molecule has 3 aromatic rings. The molecule has 0 aliphatic carbocycles. The number of nitrogens with one attached hydrogen (secondary N) is 3. The van der Waals surface area contributed by atoms with Gasteiger partial charge in [-0.05, 0) is 67.2 Å². The average molecular weight is 486 g/mol. The Balaban J connectivity index is 1.64. The number of para-hydroxylation sites is 1. The second kappa shape index (κ2) is 11.8. The van der Waals surface area contributed by atoms with Crippen molar-refractivity contribution < 1.29 is 9.53 Å². The minimum absolute atomic E-state index is 0.113. The smallest absolute Gasteiger partial charge is 0.237 e. The third-order valence-electron chi connectivity index (χ3n) is 4.48. The topological polar surface area (TPSA) is 62.4 Å². The van der Waals surface area contributed by atoms with Crippen molar-refractivity contribution in [2.75, 3.05) is 23.1 Å². The van der Waals surface area contributed by atoms with Gasteiger partial charge in [0.15, 0.2) is 5.11 Å². The predicted molar refractivity (Wildman–Crippen MR) is 139 cm³/mol. The zero-order chi connectivity index (χ0) is 22.9. The monoisotopic (exact) mass is 485 g/mol. The summed E-state index contributed by atoms with van der Waals surface area (Å²) in [5, 5.41) is 10.0. The number of halogens is 1. The summed E-state index contributed by atoms with van der Waals surface area (Å²) in [6.45, 7) is 1.98. The van der Waals surface area contributed by atoms with Gasteiger partial charge in [0.25, 0.3) is 0 Å². The first kappa shape index (κ1) is 23.9. The molecule has 0 saturated heterocycles. The van der Waals surface area contributed by atoms with E-state index >= 15 is 0 Å². The summed E-state index contributed by atoms with van der Waals surface area (Å²) in [6, 6.07) is 22.7. The standard InChI is InChI=1S/C24H24ClN3O2S2/c1-3-22(23(29)28-20-14-16(25)12-13-21(20)30-2)32-19-11-7-10-18(15-19)27-24(31)26-17-8-5-4-6-9-17/h4-15,22H,3H2,1-2H3,(H,28,29)(H2,26,27,31). The van der Waals surface area contributed by atoms with Crippen LogP contribution in [0.15, 0.2) is 77.7 Å². The van der Waals surface area contributed by atoms with Crippen molar-refractivity contribution in [2.24, 2.45) is 0 Å². The van der Waals surface area contributed by atoms with Crippen LogP contribution in [0.25, 0.3) is 0 Å². The number of rotatable bonds is 8. The van der Waals surface area contributed by atoms with E-state index in [0.717, 1.165) is 16.3 Å². The number of benzene rings is 3. The summed E-state index contributed by atoms with van der Waals surface area (Å²) in [7, 11) is 1.56. The first-order valence-electron chi connectivity index (χ1n) is 10.0. The Bertz CT molecular complexity index is 1080. The van der Waals surface area contributed by atoms with Crippen LogP contribution in [0.1, 0.15) is 13.3 Å². The van der Waals surface area contributed by atoms with Crippen LogP contribution in [-0.2, 0) is 4.79 Å². The van der Waals surface area contributed by atoms with Crippen LogP contribution in [0.2, 0.25) is 5.02 Å². The van der Waals surface area contributed by atoms with E-state index in [-0.39, 0.29) is 11.2 Å². The van der Waals surface area contributed by atoms with Crippen LogP contribution in [0.4, 0.5) is 17.1 Å². The number of amides is 1. The van der Waals surface area contributed by atoms with Crippen LogP contribution in [0, 0.1) is 0 Å². The second-order valence-electron chi connectivity index (χ2n) is 6.82. The van der Waals surface area contributed by atoms with Crippen molar-refractivity contribution in [1.82, 2.24) is 0 Å². The molecule has 0 spiro atoms. The molecule has 3 N–H and O–H groups in total. The third kappa shape index (κ3) is 6.88. The molecule has 0 radical (unpaired) electrons.